The predicted molar refractivity (Wildman–Crippen MR) is 116 cm³/mol. The van der Waals surface area contributed by atoms with Crippen LogP contribution < -0.4 is 4.72 Å². The van der Waals surface area contributed by atoms with Crippen LogP contribution in [0, 0.1) is 0 Å². The maximum absolute atomic E-state index is 11.1. The van der Waals surface area contributed by atoms with Crippen molar-refractivity contribution in [2.24, 2.45) is 0 Å². The van der Waals surface area contributed by atoms with Crippen molar-refractivity contribution in [2.45, 2.75) is 38.5 Å². The summed E-state index contributed by atoms with van der Waals surface area (Å²) >= 11 is 1.36. The molecule has 1 heterocycles. The molecule has 0 bridgehead atoms. The molecule has 0 saturated heterocycles. The molecule has 1 aromatic heterocycles. The van der Waals surface area contributed by atoms with Crippen molar-refractivity contribution >= 4 is 17.9 Å². The van der Waals surface area contributed by atoms with E-state index in [1.165, 1.54) is 31.0 Å². The number of aromatic nitrogens is 2. The zero-order valence-electron chi connectivity index (χ0n) is 17.3. The maximum atomic E-state index is 11.1. The van der Waals surface area contributed by atoms with Gasteiger partial charge in [-0.1, -0.05) is 44.5 Å². The normalized spacial score (nSPS) is 10.2. The van der Waals surface area contributed by atoms with Crippen LogP contribution in [0.15, 0.2) is 57.9 Å². The molecule has 6 nitrogen and oxygen atoms in total. The Labute approximate surface area is 176 Å². The highest BCUT2D eigenvalue weighted by molar-refractivity contribution is 7.97. The van der Waals surface area contributed by atoms with Crippen molar-refractivity contribution < 1.29 is 14.1 Å². The molecular weight excluding hydrogens is 386 g/mol. The van der Waals surface area contributed by atoms with Crippen molar-refractivity contribution in [1.29, 1.82) is 0 Å². The second kappa shape index (κ2) is 12.0. The highest BCUT2D eigenvalue weighted by atomic mass is 32.2. The predicted octanol–water partition coefficient (Wildman–Crippen LogP) is 5.15. The summed E-state index contributed by atoms with van der Waals surface area (Å²) in [6.07, 6.45) is 2.24. The third-order valence-electron chi connectivity index (χ3n) is 3.78. The Bertz CT molecular complexity index is 877. The average molecular weight is 414 g/mol. The van der Waals surface area contributed by atoms with Gasteiger partial charge in [-0.15, -0.1) is 0 Å². The molecule has 0 aliphatic rings. The highest BCUT2D eigenvalue weighted by Gasteiger charge is 2.10. The lowest BCUT2D eigenvalue weighted by molar-refractivity contribution is -0.139. The van der Waals surface area contributed by atoms with E-state index in [2.05, 4.69) is 52.5 Å². The number of esters is 1. The minimum absolute atomic E-state index is 0.147. The standard InChI is InChI=1S/C19H19N3O3S.C3H8/c1-3-13-4-6-15(7-5-13)19-21-18(22-25-19)14-8-10-16(11-9-14)26-20-12-17(23)24-2;1-3-2/h4-11,20H,3,12H2,1-2H3;3H2,1-2H3. The molecule has 0 aliphatic heterocycles. The van der Waals surface area contributed by atoms with Gasteiger partial charge in [-0.2, -0.15) is 4.98 Å². The SMILES string of the molecule is CCC.CCc1ccc(-c2nc(-c3ccc(SNCC(=O)OC)cc3)no2)cc1. The van der Waals surface area contributed by atoms with Crippen LogP contribution in [0.3, 0.4) is 0 Å². The number of ether oxygens (including phenoxy) is 1. The Balaban J connectivity index is 0.000000941. The number of methoxy groups -OCH3 is 1. The summed E-state index contributed by atoms with van der Waals surface area (Å²) in [6, 6.07) is 15.8. The largest absolute Gasteiger partial charge is 0.468 e. The molecule has 0 radical (unpaired) electrons. The van der Waals surface area contributed by atoms with Gasteiger partial charge in [-0.3, -0.25) is 4.79 Å². The Morgan fingerprint density at radius 3 is 2.24 bits per heavy atom. The lowest BCUT2D eigenvalue weighted by Gasteiger charge is -2.03. The smallest absolute Gasteiger partial charge is 0.320 e. The van der Waals surface area contributed by atoms with Gasteiger partial charge in [0.2, 0.25) is 5.82 Å². The number of nitrogens with zero attached hydrogens (tertiary/aromatic N) is 2. The van der Waals surface area contributed by atoms with E-state index in [1.807, 2.05) is 36.4 Å². The van der Waals surface area contributed by atoms with Gasteiger partial charge in [0.15, 0.2) is 0 Å². The molecule has 0 atom stereocenters. The van der Waals surface area contributed by atoms with Crippen molar-refractivity contribution in [2.75, 3.05) is 13.7 Å². The number of hydrogen-bond donors (Lipinski definition) is 1. The molecule has 2 aromatic carbocycles. The molecule has 7 heteroatoms. The minimum Gasteiger partial charge on any atom is -0.468 e. The Morgan fingerprint density at radius 2 is 1.66 bits per heavy atom. The summed E-state index contributed by atoms with van der Waals surface area (Å²) in [5.74, 6) is 0.736. The molecule has 0 fully saturated rings. The van der Waals surface area contributed by atoms with Crippen LogP contribution in [0.4, 0.5) is 0 Å². The van der Waals surface area contributed by atoms with Gasteiger partial charge in [0.25, 0.3) is 5.89 Å². The van der Waals surface area contributed by atoms with E-state index < -0.39 is 0 Å². The summed E-state index contributed by atoms with van der Waals surface area (Å²) in [5, 5.41) is 4.06. The molecular formula is C22H27N3O3S. The van der Waals surface area contributed by atoms with E-state index in [1.54, 1.807) is 0 Å². The summed E-state index contributed by atoms with van der Waals surface area (Å²) in [5.41, 5.74) is 3.03. The number of nitrogens with one attached hydrogen (secondary N) is 1. The molecule has 1 N–H and O–H groups in total. The van der Waals surface area contributed by atoms with Crippen LogP contribution in [-0.4, -0.2) is 29.8 Å². The van der Waals surface area contributed by atoms with Crippen LogP contribution in [0.25, 0.3) is 22.8 Å². The lowest BCUT2D eigenvalue weighted by atomic mass is 10.1. The second-order valence-electron chi connectivity index (χ2n) is 6.20. The summed E-state index contributed by atoms with van der Waals surface area (Å²) in [7, 11) is 1.36. The second-order valence-corrected chi connectivity index (χ2v) is 7.17. The van der Waals surface area contributed by atoms with E-state index in [4.69, 9.17) is 4.52 Å². The zero-order valence-corrected chi connectivity index (χ0v) is 18.1. The zero-order chi connectivity index (χ0) is 21.1. The first kappa shape index (κ1) is 22.6. The molecule has 154 valence electrons. The molecule has 0 amide bonds. The van der Waals surface area contributed by atoms with E-state index in [0.717, 1.165) is 22.4 Å². The third-order valence-corrected chi connectivity index (χ3v) is 4.58. The van der Waals surface area contributed by atoms with Gasteiger partial charge in [0.05, 0.1) is 7.11 Å². The third kappa shape index (κ3) is 7.03. The van der Waals surface area contributed by atoms with Gasteiger partial charge >= 0.3 is 5.97 Å². The van der Waals surface area contributed by atoms with Crippen molar-refractivity contribution in [1.82, 2.24) is 14.9 Å². The first-order valence-electron chi connectivity index (χ1n) is 9.61. The number of carbonyl (C=O) groups is 1. The highest BCUT2D eigenvalue weighted by Crippen LogP contribution is 2.24. The molecule has 0 saturated carbocycles. The van der Waals surface area contributed by atoms with Crippen LogP contribution >= 0.6 is 11.9 Å². The lowest BCUT2D eigenvalue weighted by Crippen LogP contribution is -2.17. The number of aryl methyl sites for hydroxylation is 1. The minimum atomic E-state index is -0.305. The Morgan fingerprint density at radius 1 is 1.03 bits per heavy atom. The summed E-state index contributed by atoms with van der Waals surface area (Å²) in [4.78, 5) is 16.5. The van der Waals surface area contributed by atoms with Crippen LogP contribution in [0.1, 0.15) is 32.8 Å². The fourth-order valence-corrected chi connectivity index (χ4v) is 2.89. The molecule has 0 aliphatic carbocycles. The molecule has 0 unspecified atom stereocenters. The first-order valence-corrected chi connectivity index (χ1v) is 10.4. The summed E-state index contributed by atoms with van der Waals surface area (Å²) in [6.45, 7) is 6.51. The van der Waals surface area contributed by atoms with E-state index in [0.29, 0.717) is 11.7 Å². The fourth-order valence-electron chi connectivity index (χ4n) is 2.26. The van der Waals surface area contributed by atoms with Crippen LogP contribution in [0.2, 0.25) is 0 Å². The van der Waals surface area contributed by atoms with Gasteiger partial charge in [-0.25, -0.2) is 4.72 Å². The van der Waals surface area contributed by atoms with Crippen LogP contribution in [-0.2, 0) is 16.0 Å². The average Bonchev–Trinajstić information content (AvgIpc) is 3.25. The van der Waals surface area contributed by atoms with Crippen LogP contribution in [0.5, 0.6) is 0 Å². The van der Waals surface area contributed by atoms with Gasteiger partial charge in [0, 0.05) is 16.0 Å². The molecule has 3 rings (SSSR count). The van der Waals surface area contributed by atoms with E-state index in [-0.39, 0.29) is 12.5 Å². The number of hydrogen-bond acceptors (Lipinski definition) is 7. The number of benzene rings is 2. The molecule has 3 aromatic rings. The monoisotopic (exact) mass is 413 g/mol. The number of rotatable bonds is 7. The fraction of sp³-hybridized carbons (Fsp3) is 0.318. The van der Waals surface area contributed by atoms with Gasteiger partial charge < -0.3 is 9.26 Å². The topological polar surface area (TPSA) is 77.2 Å². The van der Waals surface area contributed by atoms with Crippen molar-refractivity contribution in [3.63, 3.8) is 0 Å². The van der Waals surface area contributed by atoms with Crippen molar-refractivity contribution in [3.05, 3.63) is 54.1 Å². The van der Waals surface area contributed by atoms with Crippen molar-refractivity contribution in [3.8, 4) is 22.8 Å². The van der Waals surface area contributed by atoms with Gasteiger partial charge in [-0.05, 0) is 60.3 Å². The van der Waals surface area contributed by atoms with E-state index >= 15 is 0 Å². The first-order chi connectivity index (χ1) is 14.1. The number of carbonyl (C=O) groups excluding carboxylic acids is 1. The Hall–Kier alpha value is -2.64. The Kier molecular flexibility index (Phi) is 9.40. The maximum Gasteiger partial charge on any atom is 0.320 e. The summed E-state index contributed by atoms with van der Waals surface area (Å²) < 4.78 is 12.9. The van der Waals surface area contributed by atoms with E-state index in [9.17, 15) is 4.79 Å². The van der Waals surface area contributed by atoms with Gasteiger partial charge in [0.1, 0.15) is 6.54 Å². The quantitative estimate of drug-likeness (QED) is 0.424. The molecule has 0 spiro atoms. The molecule has 29 heavy (non-hydrogen) atoms.